The van der Waals surface area contributed by atoms with Crippen LogP contribution in [-0.4, -0.2) is 57.7 Å². The number of fused-ring (bicyclic) bond motifs is 2. The van der Waals surface area contributed by atoms with Gasteiger partial charge < -0.3 is 14.7 Å². The maximum Gasteiger partial charge on any atom is 0.416 e. The van der Waals surface area contributed by atoms with Gasteiger partial charge >= 0.3 is 12.3 Å². The summed E-state index contributed by atoms with van der Waals surface area (Å²) in [6.45, 7) is 5.94. The minimum absolute atomic E-state index is 0.243. The van der Waals surface area contributed by atoms with E-state index in [1.165, 1.54) is 17.0 Å². The lowest BCUT2D eigenvalue weighted by Crippen LogP contribution is -2.52. The molecule has 2 atom stereocenters. The Morgan fingerprint density at radius 3 is 2.30 bits per heavy atom. The molecule has 1 fully saturated rings. The molecule has 0 saturated carbocycles. The van der Waals surface area contributed by atoms with Crippen molar-refractivity contribution in [3.63, 3.8) is 0 Å². The first-order valence-corrected chi connectivity index (χ1v) is 10.6. The molecule has 4 rings (SSSR count). The highest BCUT2D eigenvalue weighted by Gasteiger charge is 2.45. The van der Waals surface area contributed by atoms with Crippen molar-refractivity contribution in [1.29, 1.82) is 0 Å². The molecule has 2 aliphatic heterocycles. The van der Waals surface area contributed by atoms with E-state index < -0.39 is 23.4 Å². The maximum atomic E-state index is 13.4. The molecule has 0 bridgehead atoms. The van der Waals surface area contributed by atoms with E-state index in [4.69, 9.17) is 4.74 Å². The van der Waals surface area contributed by atoms with E-state index in [2.05, 4.69) is 0 Å². The van der Waals surface area contributed by atoms with Crippen molar-refractivity contribution in [2.45, 2.75) is 51.0 Å². The van der Waals surface area contributed by atoms with Gasteiger partial charge in [-0.3, -0.25) is 9.69 Å². The number of benzene rings is 2. The Kier molecular flexibility index (Phi) is 5.54. The van der Waals surface area contributed by atoms with Crippen molar-refractivity contribution >= 4 is 12.0 Å². The van der Waals surface area contributed by atoms with Crippen molar-refractivity contribution < 1.29 is 32.6 Å². The second-order valence-electron chi connectivity index (χ2n) is 9.42. The second kappa shape index (κ2) is 7.97. The summed E-state index contributed by atoms with van der Waals surface area (Å²) in [4.78, 5) is 28.3. The quantitative estimate of drug-likeness (QED) is 0.672. The van der Waals surface area contributed by atoms with Gasteiger partial charge in [0.15, 0.2) is 0 Å². The fourth-order valence-corrected chi connectivity index (χ4v) is 4.67. The zero-order valence-electron chi connectivity index (χ0n) is 18.5. The molecule has 6 nitrogen and oxygen atoms in total. The van der Waals surface area contributed by atoms with E-state index in [-0.39, 0.29) is 31.1 Å². The molecular weight excluding hydrogens is 437 g/mol. The molecular formula is C24H25F3N2O4. The molecule has 2 heterocycles. The molecule has 2 amide bonds. The summed E-state index contributed by atoms with van der Waals surface area (Å²) in [6.07, 6.45) is -4.99. The van der Waals surface area contributed by atoms with Gasteiger partial charge in [-0.1, -0.05) is 18.2 Å². The summed E-state index contributed by atoms with van der Waals surface area (Å²) in [5, 5.41) is 9.74. The molecule has 0 radical (unpaired) electrons. The number of halogens is 3. The molecule has 176 valence electrons. The Hall–Kier alpha value is -3.23. The molecule has 1 N–H and O–H groups in total. The molecule has 2 aromatic carbocycles. The van der Waals surface area contributed by atoms with Crippen molar-refractivity contribution in [2.75, 3.05) is 13.2 Å². The van der Waals surface area contributed by atoms with Gasteiger partial charge in [-0.2, -0.15) is 13.2 Å². The van der Waals surface area contributed by atoms with Gasteiger partial charge in [0.2, 0.25) is 0 Å². The second-order valence-corrected chi connectivity index (χ2v) is 9.42. The first-order chi connectivity index (χ1) is 15.4. The Labute approximate surface area is 189 Å². The summed E-state index contributed by atoms with van der Waals surface area (Å²) >= 11 is 0. The number of carbonyl (C=O) groups is 2. The van der Waals surface area contributed by atoms with Gasteiger partial charge in [0, 0.05) is 12.1 Å². The first-order valence-electron chi connectivity index (χ1n) is 10.6. The molecule has 2 aliphatic rings. The number of rotatable bonds is 2. The normalized spacial score (nSPS) is 20.5. The van der Waals surface area contributed by atoms with Crippen molar-refractivity contribution in [1.82, 2.24) is 9.80 Å². The summed E-state index contributed by atoms with van der Waals surface area (Å²) < 4.78 is 44.5. The highest BCUT2D eigenvalue weighted by molar-refractivity contribution is 5.99. The third-order valence-electron chi connectivity index (χ3n) is 6.13. The van der Waals surface area contributed by atoms with E-state index in [0.29, 0.717) is 28.9 Å². The lowest BCUT2D eigenvalue weighted by Gasteiger charge is -2.37. The summed E-state index contributed by atoms with van der Waals surface area (Å²) in [6, 6.07) is 9.10. The fraction of sp³-hybridized carbons (Fsp3) is 0.417. The van der Waals surface area contributed by atoms with Crippen molar-refractivity contribution in [2.24, 2.45) is 0 Å². The average molecular weight is 462 g/mol. The van der Waals surface area contributed by atoms with Gasteiger partial charge in [0.25, 0.3) is 5.91 Å². The zero-order valence-corrected chi connectivity index (χ0v) is 18.5. The van der Waals surface area contributed by atoms with Crippen LogP contribution in [-0.2, 0) is 6.18 Å². The SMILES string of the molecule is CC(C)(C)N(C(=O)O)[C@H]1C[C@H]2COc3ccc(-c4ccc(C(F)(F)F)cc4)cc3C(=O)N2C1. The number of alkyl halides is 3. The number of amides is 2. The van der Waals surface area contributed by atoms with Crippen LogP contribution in [0.5, 0.6) is 5.75 Å². The molecule has 0 unspecified atom stereocenters. The Morgan fingerprint density at radius 1 is 1.09 bits per heavy atom. The van der Waals surface area contributed by atoms with Crippen molar-refractivity contribution in [3.05, 3.63) is 53.6 Å². The standard InChI is InChI=1S/C24H25F3N2O4/c1-23(2,3)29(22(31)32)17-11-18-13-33-20-9-6-15(10-19(20)21(30)28(18)12-17)14-4-7-16(8-5-14)24(25,26)27/h4-10,17-18H,11-13H2,1-3H3,(H,31,32)/t17-,18-/m0/s1. The summed E-state index contributed by atoms with van der Waals surface area (Å²) in [7, 11) is 0. The number of carbonyl (C=O) groups excluding carboxylic acids is 1. The van der Waals surface area contributed by atoms with Gasteiger partial charge in [-0.25, -0.2) is 4.79 Å². The van der Waals surface area contributed by atoms with Crippen LogP contribution in [0.1, 0.15) is 43.1 Å². The van der Waals surface area contributed by atoms with Crippen LogP contribution in [0.2, 0.25) is 0 Å². The maximum absolute atomic E-state index is 13.4. The summed E-state index contributed by atoms with van der Waals surface area (Å²) in [5.74, 6) is 0.135. The molecule has 1 saturated heterocycles. The number of hydrogen-bond acceptors (Lipinski definition) is 3. The molecule has 0 spiro atoms. The van der Waals surface area contributed by atoms with E-state index >= 15 is 0 Å². The van der Waals surface area contributed by atoms with E-state index in [1.807, 2.05) is 20.8 Å². The van der Waals surface area contributed by atoms with Crippen LogP contribution in [0.3, 0.4) is 0 Å². The van der Waals surface area contributed by atoms with Crippen LogP contribution in [0, 0.1) is 0 Å². The average Bonchev–Trinajstić information content (AvgIpc) is 3.07. The predicted octanol–water partition coefficient (Wildman–Crippen LogP) is 5.13. The van der Waals surface area contributed by atoms with Gasteiger partial charge in [-0.05, 0) is 62.6 Å². The minimum atomic E-state index is -4.42. The van der Waals surface area contributed by atoms with Crippen LogP contribution in [0.15, 0.2) is 42.5 Å². The number of carboxylic acid groups (broad SMARTS) is 1. The third-order valence-corrected chi connectivity index (χ3v) is 6.13. The number of nitrogens with zero attached hydrogens (tertiary/aromatic N) is 2. The van der Waals surface area contributed by atoms with Crippen LogP contribution >= 0.6 is 0 Å². The highest BCUT2D eigenvalue weighted by atomic mass is 19.4. The Balaban J connectivity index is 1.62. The smallest absolute Gasteiger partial charge is 0.416 e. The number of ether oxygens (including phenoxy) is 1. The van der Waals surface area contributed by atoms with Gasteiger partial charge in [0.05, 0.1) is 23.2 Å². The zero-order chi connectivity index (χ0) is 24.1. The van der Waals surface area contributed by atoms with Crippen molar-refractivity contribution in [3.8, 4) is 16.9 Å². The lowest BCUT2D eigenvalue weighted by molar-refractivity contribution is -0.137. The molecule has 2 aromatic rings. The predicted molar refractivity (Wildman–Crippen MR) is 115 cm³/mol. The Bertz CT molecular complexity index is 1080. The topological polar surface area (TPSA) is 70.1 Å². The fourth-order valence-electron chi connectivity index (χ4n) is 4.67. The highest BCUT2D eigenvalue weighted by Crippen LogP contribution is 2.36. The molecule has 33 heavy (non-hydrogen) atoms. The van der Waals surface area contributed by atoms with Gasteiger partial charge in [0.1, 0.15) is 12.4 Å². The van der Waals surface area contributed by atoms with E-state index in [9.17, 15) is 27.9 Å². The molecule has 0 aromatic heterocycles. The minimum Gasteiger partial charge on any atom is -0.491 e. The van der Waals surface area contributed by atoms with Crippen LogP contribution in [0.25, 0.3) is 11.1 Å². The van der Waals surface area contributed by atoms with E-state index in [1.54, 1.807) is 23.1 Å². The summed E-state index contributed by atoms with van der Waals surface area (Å²) in [5.41, 5.74) is 0.0824. The monoisotopic (exact) mass is 462 g/mol. The third kappa shape index (κ3) is 4.36. The lowest BCUT2D eigenvalue weighted by atomic mass is 10.0. The van der Waals surface area contributed by atoms with Crippen LogP contribution in [0.4, 0.5) is 18.0 Å². The Morgan fingerprint density at radius 2 is 1.73 bits per heavy atom. The van der Waals surface area contributed by atoms with E-state index in [0.717, 1.165) is 12.1 Å². The van der Waals surface area contributed by atoms with Crippen LogP contribution < -0.4 is 4.74 Å². The number of hydrogen-bond donors (Lipinski definition) is 1. The first kappa shape index (κ1) is 22.9. The molecule has 0 aliphatic carbocycles. The largest absolute Gasteiger partial charge is 0.491 e. The van der Waals surface area contributed by atoms with Gasteiger partial charge in [-0.15, -0.1) is 0 Å². The molecule has 9 heteroatoms.